The van der Waals surface area contributed by atoms with Crippen LogP contribution in [0, 0.1) is 5.41 Å². The van der Waals surface area contributed by atoms with Crippen LogP contribution in [-0.2, 0) is 0 Å². The standard InChI is InChI=1S/C16H24N4O.C2H6/c21-14-2-1-5-18-15(14)20-8-6-19(7-9-20)13-3-4-16(10-13)11-17-12-16;1-2/h1-2,5,13,17,21H,3-4,6-12H2;1-2H3. The molecule has 0 aromatic carbocycles. The van der Waals surface area contributed by atoms with Crippen LogP contribution < -0.4 is 10.2 Å². The molecule has 5 heteroatoms. The van der Waals surface area contributed by atoms with E-state index in [1.165, 1.54) is 32.4 Å². The molecule has 1 aromatic heterocycles. The van der Waals surface area contributed by atoms with Gasteiger partial charge in [0, 0.05) is 51.5 Å². The minimum absolute atomic E-state index is 0.298. The van der Waals surface area contributed by atoms with Crippen LogP contribution in [-0.4, -0.2) is 60.3 Å². The third kappa shape index (κ3) is 3.31. The SMILES string of the molecule is CC.Oc1cccnc1N1CCN(C2CCC3(CNC3)C2)CC1. The van der Waals surface area contributed by atoms with Gasteiger partial charge in [-0.3, -0.25) is 4.90 Å². The zero-order valence-electron chi connectivity index (χ0n) is 14.5. The highest BCUT2D eigenvalue weighted by atomic mass is 16.3. The van der Waals surface area contributed by atoms with Crippen molar-refractivity contribution in [1.82, 2.24) is 15.2 Å². The number of nitrogens with one attached hydrogen (secondary N) is 1. The van der Waals surface area contributed by atoms with E-state index < -0.39 is 0 Å². The Morgan fingerprint density at radius 3 is 2.52 bits per heavy atom. The topological polar surface area (TPSA) is 51.6 Å². The highest BCUT2D eigenvalue weighted by Crippen LogP contribution is 2.43. The number of aromatic nitrogens is 1. The summed E-state index contributed by atoms with van der Waals surface area (Å²) in [5.74, 6) is 1.04. The first-order chi connectivity index (χ1) is 11.3. The molecule has 128 valence electrons. The summed E-state index contributed by atoms with van der Waals surface area (Å²) in [5, 5.41) is 13.4. The Balaban J connectivity index is 0.000000753. The molecule has 3 fully saturated rings. The van der Waals surface area contributed by atoms with Gasteiger partial charge in [0.05, 0.1) is 0 Å². The summed E-state index contributed by atoms with van der Waals surface area (Å²) in [4.78, 5) is 9.19. The maximum absolute atomic E-state index is 9.92. The molecule has 2 saturated heterocycles. The Hall–Kier alpha value is -1.33. The van der Waals surface area contributed by atoms with E-state index in [0.29, 0.717) is 11.2 Å². The van der Waals surface area contributed by atoms with Crippen molar-refractivity contribution in [3.8, 4) is 5.75 Å². The molecular formula is C18H30N4O. The normalized spacial score (nSPS) is 26.5. The van der Waals surface area contributed by atoms with E-state index in [1.54, 1.807) is 18.3 Å². The van der Waals surface area contributed by atoms with Crippen LogP contribution in [0.5, 0.6) is 5.75 Å². The Bertz CT molecular complexity index is 509. The molecular weight excluding hydrogens is 288 g/mol. The summed E-state index contributed by atoms with van der Waals surface area (Å²) in [6, 6.07) is 4.27. The molecule has 1 aromatic rings. The van der Waals surface area contributed by atoms with Crippen molar-refractivity contribution in [2.75, 3.05) is 44.2 Å². The molecule has 3 heterocycles. The van der Waals surface area contributed by atoms with Crippen LogP contribution in [0.4, 0.5) is 5.82 Å². The van der Waals surface area contributed by atoms with Gasteiger partial charge in [0.25, 0.3) is 0 Å². The van der Waals surface area contributed by atoms with Crippen LogP contribution in [0.25, 0.3) is 0 Å². The van der Waals surface area contributed by atoms with Gasteiger partial charge >= 0.3 is 0 Å². The molecule has 1 atom stereocenters. The van der Waals surface area contributed by atoms with Gasteiger partial charge in [0.15, 0.2) is 11.6 Å². The Labute approximate surface area is 139 Å². The van der Waals surface area contributed by atoms with E-state index >= 15 is 0 Å². The van der Waals surface area contributed by atoms with Gasteiger partial charge in [-0.1, -0.05) is 13.8 Å². The molecule has 0 radical (unpaired) electrons. The summed E-state index contributed by atoms with van der Waals surface area (Å²) in [7, 11) is 0. The fourth-order valence-corrected chi connectivity index (χ4v) is 4.22. The average Bonchev–Trinajstić information content (AvgIpc) is 3.04. The van der Waals surface area contributed by atoms with Gasteiger partial charge in [-0.15, -0.1) is 0 Å². The number of pyridine rings is 1. The van der Waals surface area contributed by atoms with Crippen molar-refractivity contribution in [1.29, 1.82) is 0 Å². The minimum atomic E-state index is 0.298. The van der Waals surface area contributed by atoms with Gasteiger partial charge in [0.2, 0.25) is 0 Å². The molecule has 1 aliphatic carbocycles. The Morgan fingerprint density at radius 2 is 1.96 bits per heavy atom. The van der Waals surface area contributed by atoms with Crippen molar-refractivity contribution in [2.45, 2.75) is 39.2 Å². The number of anilines is 1. The molecule has 0 amide bonds. The molecule has 23 heavy (non-hydrogen) atoms. The summed E-state index contributed by atoms with van der Waals surface area (Å²) in [5.41, 5.74) is 0.626. The van der Waals surface area contributed by atoms with Crippen LogP contribution in [0.1, 0.15) is 33.1 Å². The first-order valence-corrected chi connectivity index (χ1v) is 9.10. The Kier molecular flexibility index (Phi) is 5.07. The summed E-state index contributed by atoms with van der Waals surface area (Å²) in [6.07, 6.45) is 5.88. The summed E-state index contributed by atoms with van der Waals surface area (Å²) in [6.45, 7) is 10.6. The lowest BCUT2D eigenvalue weighted by atomic mass is 9.80. The van der Waals surface area contributed by atoms with Gasteiger partial charge < -0.3 is 15.3 Å². The van der Waals surface area contributed by atoms with Crippen LogP contribution in [0.15, 0.2) is 18.3 Å². The van der Waals surface area contributed by atoms with Crippen molar-refractivity contribution in [2.24, 2.45) is 5.41 Å². The monoisotopic (exact) mass is 318 g/mol. The average molecular weight is 318 g/mol. The second-order valence-electron chi connectivity index (χ2n) is 6.87. The third-order valence-corrected chi connectivity index (χ3v) is 5.57. The molecule has 5 nitrogen and oxygen atoms in total. The number of hydrogen-bond acceptors (Lipinski definition) is 5. The Morgan fingerprint density at radius 1 is 1.22 bits per heavy atom. The molecule has 1 unspecified atom stereocenters. The third-order valence-electron chi connectivity index (χ3n) is 5.57. The lowest BCUT2D eigenvalue weighted by Gasteiger charge is -2.42. The van der Waals surface area contributed by atoms with Crippen molar-refractivity contribution < 1.29 is 5.11 Å². The molecule has 0 bridgehead atoms. The quantitative estimate of drug-likeness (QED) is 0.874. The first kappa shape index (κ1) is 16.5. The smallest absolute Gasteiger partial charge is 0.171 e. The van der Waals surface area contributed by atoms with E-state index in [1.807, 2.05) is 13.8 Å². The second kappa shape index (κ2) is 7.05. The molecule has 1 saturated carbocycles. The molecule has 1 spiro atoms. The van der Waals surface area contributed by atoms with Gasteiger partial charge in [-0.2, -0.15) is 0 Å². The summed E-state index contributed by atoms with van der Waals surface area (Å²) >= 11 is 0. The van der Waals surface area contributed by atoms with Crippen molar-refractivity contribution in [3.63, 3.8) is 0 Å². The van der Waals surface area contributed by atoms with E-state index in [-0.39, 0.29) is 0 Å². The fourth-order valence-electron chi connectivity index (χ4n) is 4.22. The van der Waals surface area contributed by atoms with E-state index in [9.17, 15) is 5.11 Å². The second-order valence-corrected chi connectivity index (χ2v) is 6.87. The molecule has 2 aliphatic heterocycles. The van der Waals surface area contributed by atoms with Crippen LogP contribution in [0.2, 0.25) is 0 Å². The number of piperazine rings is 1. The number of nitrogens with zero attached hydrogens (tertiary/aromatic N) is 3. The van der Waals surface area contributed by atoms with E-state index in [2.05, 4.69) is 20.1 Å². The maximum atomic E-state index is 9.92. The number of aromatic hydroxyl groups is 1. The first-order valence-electron chi connectivity index (χ1n) is 9.10. The van der Waals surface area contributed by atoms with Crippen LogP contribution in [0.3, 0.4) is 0 Å². The highest BCUT2D eigenvalue weighted by Gasteiger charge is 2.45. The van der Waals surface area contributed by atoms with Gasteiger partial charge in [-0.25, -0.2) is 4.98 Å². The van der Waals surface area contributed by atoms with Gasteiger partial charge in [0.1, 0.15) is 0 Å². The maximum Gasteiger partial charge on any atom is 0.171 e. The lowest BCUT2D eigenvalue weighted by Crippen LogP contribution is -2.54. The largest absolute Gasteiger partial charge is 0.504 e. The predicted octanol–water partition coefficient (Wildman–Crippen LogP) is 2.08. The number of rotatable bonds is 2. The number of hydrogen-bond donors (Lipinski definition) is 2. The van der Waals surface area contributed by atoms with E-state index in [0.717, 1.165) is 38.0 Å². The van der Waals surface area contributed by atoms with E-state index in [4.69, 9.17) is 0 Å². The molecule has 4 rings (SSSR count). The van der Waals surface area contributed by atoms with Crippen LogP contribution >= 0.6 is 0 Å². The summed E-state index contributed by atoms with van der Waals surface area (Å²) < 4.78 is 0. The zero-order chi connectivity index (χ0) is 16.3. The molecule has 2 N–H and O–H groups in total. The lowest BCUT2D eigenvalue weighted by molar-refractivity contribution is 0.135. The molecule has 3 aliphatic rings. The highest BCUT2D eigenvalue weighted by molar-refractivity contribution is 5.51. The minimum Gasteiger partial charge on any atom is -0.504 e. The van der Waals surface area contributed by atoms with Crippen molar-refractivity contribution >= 4 is 5.82 Å². The fraction of sp³-hybridized carbons (Fsp3) is 0.722. The van der Waals surface area contributed by atoms with Gasteiger partial charge in [-0.05, 0) is 36.8 Å². The predicted molar refractivity (Wildman–Crippen MR) is 94.0 cm³/mol. The van der Waals surface area contributed by atoms with Crippen molar-refractivity contribution in [3.05, 3.63) is 18.3 Å². The zero-order valence-corrected chi connectivity index (χ0v) is 14.5.